The quantitative estimate of drug-likeness (QED) is 0.420. The summed E-state index contributed by atoms with van der Waals surface area (Å²) in [5, 5.41) is 3.16. The van der Waals surface area contributed by atoms with E-state index in [0.717, 1.165) is 49.8 Å². The van der Waals surface area contributed by atoms with Gasteiger partial charge in [0.05, 0.1) is 0 Å². The van der Waals surface area contributed by atoms with E-state index in [1.807, 2.05) is 19.2 Å². The molecule has 1 aromatic carbocycles. The van der Waals surface area contributed by atoms with Crippen LogP contribution in [0.5, 0.6) is 0 Å². The summed E-state index contributed by atoms with van der Waals surface area (Å²) in [6.07, 6.45) is 9.56. The fourth-order valence-electron chi connectivity index (χ4n) is 3.37. The Labute approximate surface area is 171 Å². The number of hydrogen-bond acceptors (Lipinski definition) is 6. The molecule has 0 spiro atoms. The van der Waals surface area contributed by atoms with Crippen LogP contribution in [0.25, 0.3) is 11.3 Å². The zero-order valence-electron chi connectivity index (χ0n) is 17.0. The Balaban J connectivity index is 1.65. The van der Waals surface area contributed by atoms with E-state index in [2.05, 4.69) is 31.2 Å². The van der Waals surface area contributed by atoms with Gasteiger partial charge in [-0.15, -0.1) is 0 Å². The van der Waals surface area contributed by atoms with Crippen molar-refractivity contribution in [3.8, 4) is 11.3 Å². The van der Waals surface area contributed by atoms with E-state index in [0.29, 0.717) is 6.73 Å². The summed E-state index contributed by atoms with van der Waals surface area (Å²) in [4.78, 5) is 13.8. The maximum Gasteiger partial charge on any atom is 0.155 e. The summed E-state index contributed by atoms with van der Waals surface area (Å²) in [5.41, 5.74) is 2.88. The van der Waals surface area contributed by atoms with E-state index >= 15 is 0 Å². The molecule has 0 bridgehead atoms. The van der Waals surface area contributed by atoms with Crippen LogP contribution in [0.15, 0.2) is 60.6 Å². The summed E-state index contributed by atoms with van der Waals surface area (Å²) in [6, 6.07) is 6.41. The number of nitrogens with one attached hydrogen (secondary N) is 1. The van der Waals surface area contributed by atoms with Crippen LogP contribution < -0.4 is 10.2 Å². The highest BCUT2D eigenvalue weighted by Gasteiger charge is 2.21. The third-order valence-corrected chi connectivity index (χ3v) is 4.77. The Bertz CT molecular complexity index is 829. The highest BCUT2D eigenvalue weighted by molar-refractivity contribution is 5.72. The third kappa shape index (κ3) is 5.85. The Morgan fingerprint density at radius 3 is 2.55 bits per heavy atom. The molecular weight excluding hydrogens is 369 g/mol. The van der Waals surface area contributed by atoms with Gasteiger partial charge in [0.25, 0.3) is 0 Å². The van der Waals surface area contributed by atoms with Gasteiger partial charge in [0.15, 0.2) is 5.82 Å². The van der Waals surface area contributed by atoms with Gasteiger partial charge >= 0.3 is 0 Å². The second-order valence-electron chi connectivity index (χ2n) is 6.86. The zero-order valence-corrected chi connectivity index (χ0v) is 17.0. The average Bonchev–Trinajstić information content (AvgIpc) is 2.75. The molecule has 6 nitrogen and oxygen atoms in total. The number of benzene rings is 1. The van der Waals surface area contributed by atoms with Crippen LogP contribution >= 0.6 is 0 Å². The minimum absolute atomic E-state index is 0.252. The predicted octanol–water partition coefficient (Wildman–Crippen LogP) is 3.06. The lowest BCUT2D eigenvalue weighted by Gasteiger charge is -2.36. The number of piperazine rings is 1. The molecule has 1 saturated heterocycles. The van der Waals surface area contributed by atoms with Crippen LogP contribution in [0.2, 0.25) is 0 Å². The van der Waals surface area contributed by atoms with Crippen molar-refractivity contribution < 1.29 is 9.13 Å². The first-order chi connectivity index (χ1) is 14.2. The molecule has 2 heterocycles. The van der Waals surface area contributed by atoms with E-state index in [1.165, 1.54) is 17.7 Å². The maximum absolute atomic E-state index is 13.3. The Morgan fingerprint density at radius 2 is 1.86 bits per heavy atom. The lowest BCUT2D eigenvalue weighted by Crippen LogP contribution is -2.47. The van der Waals surface area contributed by atoms with Crippen LogP contribution in [0, 0.1) is 5.82 Å². The van der Waals surface area contributed by atoms with Crippen molar-refractivity contribution in [2.24, 2.45) is 0 Å². The zero-order chi connectivity index (χ0) is 20.5. The van der Waals surface area contributed by atoms with E-state index in [1.54, 1.807) is 31.6 Å². The normalized spacial score (nSPS) is 15.8. The number of hydrogen-bond donors (Lipinski definition) is 1. The number of rotatable bonds is 8. The standard InChI is InChI=1S/C22H28FN5O/c1-3-4-18(15-24-17-29-2)16-27-11-13-28(14-12-27)22-21(25-9-10-26-22)19-5-7-20(23)8-6-19/h3-10,15,24H,11-14,16-17H2,1-2H3/b4-3+,18-15+. The molecule has 0 amide bonds. The Hall–Kier alpha value is -2.77. The fraction of sp³-hybridized carbons (Fsp3) is 0.364. The number of halogens is 1. The summed E-state index contributed by atoms with van der Waals surface area (Å²) >= 11 is 0. The summed E-state index contributed by atoms with van der Waals surface area (Å²) in [5.74, 6) is 0.600. The molecule has 3 rings (SSSR count). The molecule has 1 aliphatic heterocycles. The van der Waals surface area contributed by atoms with Crippen molar-refractivity contribution in [2.75, 3.05) is 51.5 Å². The topological polar surface area (TPSA) is 53.5 Å². The molecule has 154 valence electrons. The summed E-state index contributed by atoms with van der Waals surface area (Å²) in [7, 11) is 1.67. The molecule has 0 saturated carbocycles. The highest BCUT2D eigenvalue weighted by Crippen LogP contribution is 2.27. The monoisotopic (exact) mass is 397 g/mol. The van der Waals surface area contributed by atoms with Crippen molar-refractivity contribution in [1.82, 2.24) is 20.2 Å². The lowest BCUT2D eigenvalue weighted by molar-refractivity contribution is 0.187. The second kappa shape index (κ2) is 10.7. The first-order valence-electron chi connectivity index (χ1n) is 9.79. The minimum atomic E-state index is -0.252. The average molecular weight is 397 g/mol. The van der Waals surface area contributed by atoms with Gasteiger partial charge < -0.3 is 15.0 Å². The smallest absolute Gasteiger partial charge is 0.155 e. The molecule has 1 aliphatic rings. The van der Waals surface area contributed by atoms with Crippen LogP contribution in [0.1, 0.15) is 6.92 Å². The lowest BCUT2D eigenvalue weighted by atomic mass is 10.1. The van der Waals surface area contributed by atoms with Crippen LogP contribution in [-0.2, 0) is 4.74 Å². The highest BCUT2D eigenvalue weighted by atomic mass is 19.1. The molecule has 1 fully saturated rings. The maximum atomic E-state index is 13.3. The number of anilines is 1. The van der Waals surface area contributed by atoms with Crippen LogP contribution in [-0.4, -0.2) is 61.4 Å². The van der Waals surface area contributed by atoms with Gasteiger partial charge in [-0.05, 0) is 36.8 Å². The molecule has 1 N–H and O–H groups in total. The van der Waals surface area contributed by atoms with Crippen molar-refractivity contribution in [1.29, 1.82) is 0 Å². The second-order valence-corrected chi connectivity index (χ2v) is 6.86. The van der Waals surface area contributed by atoms with Crippen LogP contribution in [0.4, 0.5) is 10.2 Å². The molecule has 2 aromatic rings. The van der Waals surface area contributed by atoms with Gasteiger partial charge in [-0.2, -0.15) is 0 Å². The Morgan fingerprint density at radius 1 is 1.14 bits per heavy atom. The van der Waals surface area contributed by atoms with E-state index in [4.69, 9.17) is 4.74 Å². The molecule has 1 aromatic heterocycles. The van der Waals surface area contributed by atoms with Gasteiger partial charge in [0, 0.05) is 64.0 Å². The minimum Gasteiger partial charge on any atom is -0.368 e. The van der Waals surface area contributed by atoms with E-state index < -0.39 is 0 Å². The van der Waals surface area contributed by atoms with Crippen molar-refractivity contribution in [3.63, 3.8) is 0 Å². The fourth-order valence-corrected chi connectivity index (χ4v) is 3.37. The van der Waals surface area contributed by atoms with Gasteiger partial charge in [-0.1, -0.05) is 12.2 Å². The predicted molar refractivity (Wildman–Crippen MR) is 114 cm³/mol. The van der Waals surface area contributed by atoms with Gasteiger partial charge in [0.2, 0.25) is 0 Å². The van der Waals surface area contributed by atoms with Crippen molar-refractivity contribution in [2.45, 2.75) is 6.92 Å². The first kappa shape index (κ1) is 21.0. The number of methoxy groups -OCH3 is 1. The molecule has 29 heavy (non-hydrogen) atoms. The third-order valence-electron chi connectivity index (χ3n) is 4.77. The summed E-state index contributed by atoms with van der Waals surface area (Å²) < 4.78 is 18.3. The first-order valence-corrected chi connectivity index (χ1v) is 9.79. The SMILES string of the molecule is C/C=C/C(=C\NCOC)CN1CCN(c2nccnc2-c2ccc(F)cc2)CC1. The molecule has 0 radical (unpaired) electrons. The summed E-state index contributed by atoms with van der Waals surface area (Å²) in [6.45, 7) is 6.97. The molecular formula is C22H28FN5O. The largest absolute Gasteiger partial charge is 0.368 e. The number of aromatic nitrogens is 2. The van der Waals surface area contributed by atoms with Gasteiger partial charge in [-0.25, -0.2) is 9.37 Å². The van der Waals surface area contributed by atoms with Crippen molar-refractivity contribution in [3.05, 3.63) is 66.4 Å². The molecule has 0 aliphatic carbocycles. The molecule has 0 atom stereocenters. The van der Waals surface area contributed by atoms with Gasteiger partial charge in [0.1, 0.15) is 18.2 Å². The van der Waals surface area contributed by atoms with Crippen LogP contribution in [0.3, 0.4) is 0 Å². The number of allylic oxidation sites excluding steroid dienone is 1. The van der Waals surface area contributed by atoms with E-state index in [-0.39, 0.29) is 5.82 Å². The van der Waals surface area contributed by atoms with Crippen molar-refractivity contribution >= 4 is 5.82 Å². The van der Waals surface area contributed by atoms with Gasteiger partial charge in [-0.3, -0.25) is 9.88 Å². The molecule has 7 heteroatoms. The van der Waals surface area contributed by atoms with E-state index in [9.17, 15) is 4.39 Å². The number of ether oxygens (including phenoxy) is 1. The Kier molecular flexibility index (Phi) is 7.72. The molecule has 0 unspecified atom stereocenters. The number of nitrogens with zero attached hydrogens (tertiary/aromatic N) is 4.